The van der Waals surface area contributed by atoms with E-state index in [0.717, 1.165) is 18.6 Å². The summed E-state index contributed by atoms with van der Waals surface area (Å²) in [6.45, 7) is 5.67. The molecule has 0 aromatic carbocycles. The molecule has 1 atom stereocenters. The van der Waals surface area contributed by atoms with Crippen molar-refractivity contribution in [2.45, 2.75) is 83.1 Å². The Labute approximate surface area is 117 Å². The largest absolute Gasteiger partial charge is 0.348 e. The summed E-state index contributed by atoms with van der Waals surface area (Å²) in [7, 11) is 0. The van der Waals surface area contributed by atoms with Crippen LogP contribution in [-0.2, 0) is 9.47 Å². The second kappa shape index (κ2) is 5.34. The Kier molecular flexibility index (Phi) is 3.89. The maximum Gasteiger partial charge on any atom is 0.163 e. The van der Waals surface area contributed by atoms with Gasteiger partial charge >= 0.3 is 0 Å². The molecule has 3 aliphatic rings. The SMILES string of the molecule is CC1(C)OCC(CNC2CCC3(CCCC3)CC2)O1. The van der Waals surface area contributed by atoms with Crippen molar-refractivity contribution in [3.63, 3.8) is 0 Å². The topological polar surface area (TPSA) is 30.5 Å². The van der Waals surface area contributed by atoms with Crippen molar-refractivity contribution in [3.8, 4) is 0 Å². The van der Waals surface area contributed by atoms with Crippen molar-refractivity contribution in [2.24, 2.45) is 5.41 Å². The van der Waals surface area contributed by atoms with Crippen LogP contribution in [0.15, 0.2) is 0 Å². The third kappa shape index (κ3) is 3.32. The number of rotatable bonds is 3. The molecule has 3 fully saturated rings. The predicted octanol–water partition coefficient (Wildman–Crippen LogP) is 3.23. The van der Waals surface area contributed by atoms with E-state index >= 15 is 0 Å². The van der Waals surface area contributed by atoms with Gasteiger partial charge in [-0.2, -0.15) is 0 Å². The molecule has 19 heavy (non-hydrogen) atoms. The molecule has 1 heterocycles. The van der Waals surface area contributed by atoms with Crippen molar-refractivity contribution in [1.82, 2.24) is 5.32 Å². The van der Waals surface area contributed by atoms with Crippen LogP contribution < -0.4 is 5.32 Å². The van der Waals surface area contributed by atoms with E-state index in [2.05, 4.69) is 5.32 Å². The molecule has 2 aliphatic carbocycles. The molecule has 3 heteroatoms. The molecule has 1 unspecified atom stereocenters. The molecular weight excluding hydrogens is 238 g/mol. The van der Waals surface area contributed by atoms with Gasteiger partial charge in [-0.1, -0.05) is 12.8 Å². The second-order valence-corrected chi connectivity index (χ2v) is 7.34. The van der Waals surface area contributed by atoms with Gasteiger partial charge in [0.2, 0.25) is 0 Å². The molecule has 2 saturated carbocycles. The van der Waals surface area contributed by atoms with Gasteiger partial charge in [0.1, 0.15) is 0 Å². The van der Waals surface area contributed by atoms with Crippen LogP contribution in [0.1, 0.15) is 65.2 Å². The molecular formula is C16H29NO2. The number of nitrogens with one attached hydrogen (secondary N) is 1. The number of hydrogen-bond donors (Lipinski definition) is 1. The number of hydrogen-bond acceptors (Lipinski definition) is 3. The zero-order valence-corrected chi connectivity index (χ0v) is 12.5. The van der Waals surface area contributed by atoms with Gasteiger partial charge in [0, 0.05) is 12.6 Å². The molecule has 0 radical (unpaired) electrons. The van der Waals surface area contributed by atoms with Crippen molar-refractivity contribution in [1.29, 1.82) is 0 Å². The lowest BCUT2D eigenvalue weighted by Gasteiger charge is -2.37. The van der Waals surface area contributed by atoms with Crippen molar-refractivity contribution in [3.05, 3.63) is 0 Å². The van der Waals surface area contributed by atoms with E-state index in [1.165, 1.54) is 51.4 Å². The molecule has 0 aromatic heterocycles. The molecule has 3 nitrogen and oxygen atoms in total. The monoisotopic (exact) mass is 267 g/mol. The normalized spacial score (nSPS) is 34.1. The third-order valence-electron chi connectivity index (χ3n) is 5.41. The highest BCUT2D eigenvalue weighted by Crippen LogP contribution is 2.48. The quantitative estimate of drug-likeness (QED) is 0.851. The summed E-state index contributed by atoms with van der Waals surface area (Å²) < 4.78 is 11.5. The van der Waals surface area contributed by atoms with Gasteiger partial charge in [-0.05, 0) is 57.8 Å². The van der Waals surface area contributed by atoms with Crippen LogP contribution in [-0.4, -0.2) is 31.1 Å². The molecule has 0 bridgehead atoms. The Morgan fingerprint density at radius 1 is 1.05 bits per heavy atom. The zero-order valence-electron chi connectivity index (χ0n) is 12.5. The van der Waals surface area contributed by atoms with Gasteiger partial charge in [-0.25, -0.2) is 0 Å². The van der Waals surface area contributed by atoms with E-state index in [0.29, 0.717) is 6.04 Å². The Morgan fingerprint density at radius 2 is 1.74 bits per heavy atom. The Morgan fingerprint density at radius 3 is 2.32 bits per heavy atom. The first-order chi connectivity index (χ1) is 9.07. The predicted molar refractivity (Wildman–Crippen MR) is 76.1 cm³/mol. The van der Waals surface area contributed by atoms with Crippen LogP contribution in [0.4, 0.5) is 0 Å². The van der Waals surface area contributed by atoms with Gasteiger partial charge in [-0.15, -0.1) is 0 Å². The van der Waals surface area contributed by atoms with Crippen LogP contribution in [0.2, 0.25) is 0 Å². The Bertz CT molecular complexity index is 300. The molecule has 0 amide bonds. The Balaban J connectivity index is 1.38. The van der Waals surface area contributed by atoms with Gasteiger partial charge in [0.05, 0.1) is 12.7 Å². The lowest BCUT2D eigenvalue weighted by Crippen LogP contribution is -2.41. The van der Waals surface area contributed by atoms with Gasteiger partial charge in [0.25, 0.3) is 0 Å². The van der Waals surface area contributed by atoms with Crippen LogP contribution in [0, 0.1) is 5.41 Å². The molecule has 1 aliphatic heterocycles. The smallest absolute Gasteiger partial charge is 0.163 e. The van der Waals surface area contributed by atoms with Crippen LogP contribution >= 0.6 is 0 Å². The van der Waals surface area contributed by atoms with Crippen molar-refractivity contribution < 1.29 is 9.47 Å². The van der Waals surface area contributed by atoms with Crippen LogP contribution in [0.3, 0.4) is 0 Å². The summed E-state index contributed by atoms with van der Waals surface area (Å²) in [5, 5.41) is 3.70. The molecule has 1 saturated heterocycles. The number of ether oxygens (including phenoxy) is 2. The van der Waals surface area contributed by atoms with E-state index in [9.17, 15) is 0 Å². The van der Waals surface area contributed by atoms with Gasteiger partial charge < -0.3 is 14.8 Å². The first-order valence-electron chi connectivity index (χ1n) is 8.12. The summed E-state index contributed by atoms with van der Waals surface area (Å²) >= 11 is 0. The first-order valence-corrected chi connectivity index (χ1v) is 8.12. The molecule has 110 valence electrons. The minimum Gasteiger partial charge on any atom is -0.348 e. The van der Waals surface area contributed by atoms with E-state index in [-0.39, 0.29) is 11.9 Å². The molecule has 1 N–H and O–H groups in total. The summed E-state index contributed by atoms with van der Waals surface area (Å²) in [4.78, 5) is 0. The minimum atomic E-state index is -0.382. The fourth-order valence-corrected chi connectivity index (χ4v) is 4.22. The Hall–Kier alpha value is -0.120. The zero-order chi connectivity index (χ0) is 13.3. The average Bonchev–Trinajstić information content (AvgIpc) is 2.96. The van der Waals surface area contributed by atoms with E-state index in [1.54, 1.807) is 0 Å². The molecule has 1 spiro atoms. The second-order valence-electron chi connectivity index (χ2n) is 7.34. The van der Waals surface area contributed by atoms with Crippen molar-refractivity contribution >= 4 is 0 Å². The summed E-state index contributed by atoms with van der Waals surface area (Å²) in [5.41, 5.74) is 0.743. The highest BCUT2D eigenvalue weighted by Gasteiger charge is 2.38. The standard InChI is InChI=1S/C16H29NO2/c1-15(2)18-12-14(19-15)11-17-13-5-9-16(10-6-13)7-3-4-8-16/h13-14,17H,3-12H2,1-2H3. The maximum atomic E-state index is 5.85. The highest BCUT2D eigenvalue weighted by atomic mass is 16.7. The molecule has 3 rings (SSSR count). The fraction of sp³-hybridized carbons (Fsp3) is 1.00. The first kappa shape index (κ1) is 13.8. The van der Waals surface area contributed by atoms with Crippen LogP contribution in [0.5, 0.6) is 0 Å². The van der Waals surface area contributed by atoms with Gasteiger partial charge in [-0.3, -0.25) is 0 Å². The third-order valence-corrected chi connectivity index (χ3v) is 5.41. The van der Waals surface area contributed by atoms with E-state index < -0.39 is 0 Å². The lowest BCUT2D eigenvalue weighted by atomic mass is 9.71. The van der Waals surface area contributed by atoms with Gasteiger partial charge in [0.15, 0.2) is 5.79 Å². The summed E-state index contributed by atoms with van der Waals surface area (Å²) in [6.07, 6.45) is 11.8. The minimum absolute atomic E-state index is 0.234. The lowest BCUT2D eigenvalue weighted by molar-refractivity contribution is -0.138. The average molecular weight is 267 g/mol. The highest BCUT2D eigenvalue weighted by molar-refractivity contribution is 4.91. The molecule has 0 aromatic rings. The summed E-state index contributed by atoms with van der Waals surface area (Å²) in [5.74, 6) is -0.382. The maximum absolute atomic E-state index is 5.85. The van der Waals surface area contributed by atoms with E-state index in [4.69, 9.17) is 9.47 Å². The van der Waals surface area contributed by atoms with Crippen molar-refractivity contribution in [2.75, 3.05) is 13.2 Å². The van der Waals surface area contributed by atoms with E-state index in [1.807, 2.05) is 13.8 Å². The summed E-state index contributed by atoms with van der Waals surface area (Å²) in [6, 6.07) is 0.707. The van der Waals surface area contributed by atoms with Crippen LogP contribution in [0.25, 0.3) is 0 Å². The fourth-order valence-electron chi connectivity index (χ4n) is 4.22.